The lowest BCUT2D eigenvalue weighted by molar-refractivity contribution is -0.134. The Morgan fingerprint density at radius 2 is 1.59 bits per heavy atom. The minimum atomic E-state index is -1.26. The van der Waals surface area contributed by atoms with E-state index in [0.717, 1.165) is 25.1 Å². The van der Waals surface area contributed by atoms with Gasteiger partial charge in [0.2, 0.25) is 5.91 Å². The van der Waals surface area contributed by atoms with Crippen LogP contribution in [0, 0.1) is 11.3 Å². The van der Waals surface area contributed by atoms with Crippen molar-refractivity contribution in [2.45, 2.75) is 32.4 Å². The summed E-state index contributed by atoms with van der Waals surface area (Å²) in [5.41, 5.74) is 3.38. The maximum atomic E-state index is 12.9. The van der Waals surface area contributed by atoms with E-state index in [4.69, 9.17) is 41.5 Å². The van der Waals surface area contributed by atoms with E-state index in [1.54, 1.807) is 36.5 Å². The van der Waals surface area contributed by atoms with Gasteiger partial charge in [-0.2, -0.15) is 5.26 Å². The van der Waals surface area contributed by atoms with Crippen molar-refractivity contribution in [3.63, 3.8) is 0 Å². The second kappa shape index (κ2) is 22.9. The van der Waals surface area contributed by atoms with E-state index >= 15 is 0 Å². The zero-order valence-corrected chi connectivity index (χ0v) is 31.9. The number of aromatic nitrogens is 2. The van der Waals surface area contributed by atoms with Crippen molar-refractivity contribution in [2.75, 3.05) is 30.8 Å². The van der Waals surface area contributed by atoms with Gasteiger partial charge in [-0.15, -0.1) is 0 Å². The molecule has 0 saturated carbocycles. The molecule has 302 valence electrons. The predicted octanol–water partition coefficient (Wildman–Crippen LogP) is 5.89. The summed E-state index contributed by atoms with van der Waals surface area (Å²) in [6.07, 6.45) is 11.1. The quantitative estimate of drug-likeness (QED) is 0.0811. The van der Waals surface area contributed by atoms with E-state index in [2.05, 4.69) is 38.6 Å². The van der Waals surface area contributed by atoms with Gasteiger partial charge >= 0.3 is 23.9 Å². The molecule has 2 aromatic heterocycles. The van der Waals surface area contributed by atoms with Gasteiger partial charge in [-0.3, -0.25) is 19.7 Å². The molecule has 1 fully saturated rings. The van der Waals surface area contributed by atoms with Gasteiger partial charge in [-0.25, -0.2) is 19.2 Å². The highest BCUT2D eigenvalue weighted by atomic mass is 35.5. The minimum Gasteiger partial charge on any atom is -0.492 e. The van der Waals surface area contributed by atoms with Crippen molar-refractivity contribution in [3.05, 3.63) is 114 Å². The lowest BCUT2D eigenvalue weighted by Crippen LogP contribution is -2.23. The highest BCUT2D eigenvalue weighted by molar-refractivity contribution is 6.32. The van der Waals surface area contributed by atoms with Gasteiger partial charge in [0, 0.05) is 66.0 Å². The minimum absolute atomic E-state index is 0.246. The molecule has 1 aliphatic rings. The number of benzene rings is 2. The number of nitrogens with zero attached hydrogens (tertiary/aromatic N) is 4. The van der Waals surface area contributed by atoms with E-state index in [-0.39, 0.29) is 18.6 Å². The number of halogens is 1. The zero-order valence-electron chi connectivity index (χ0n) is 31.2. The molecule has 58 heavy (non-hydrogen) atoms. The van der Waals surface area contributed by atoms with Crippen LogP contribution in [0.2, 0.25) is 5.02 Å². The van der Waals surface area contributed by atoms with Crippen LogP contribution in [-0.4, -0.2) is 91.3 Å². The van der Waals surface area contributed by atoms with Crippen molar-refractivity contribution in [2.24, 2.45) is 0 Å². The Hall–Kier alpha value is -7.29. The van der Waals surface area contributed by atoms with Gasteiger partial charge in [-0.05, 0) is 69.8 Å². The van der Waals surface area contributed by atoms with Gasteiger partial charge < -0.3 is 40.5 Å². The first-order chi connectivity index (χ1) is 27.7. The molecular weight excluding hydrogens is 776 g/mol. The third-order valence-electron chi connectivity index (χ3n) is 7.73. The lowest BCUT2D eigenvalue weighted by atomic mass is 10.1. The summed E-state index contributed by atoms with van der Waals surface area (Å²) >= 11 is 6.54. The third kappa shape index (κ3) is 15.1. The molecule has 4 aromatic rings. The van der Waals surface area contributed by atoms with Crippen molar-refractivity contribution >= 4 is 69.4 Å². The first kappa shape index (κ1) is 45.1. The Morgan fingerprint density at radius 3 is 2.12 bits per heavy atom. The predicted molar refractivity (Wildman–Crippen MR) is 213 cm³/mol. The number of likely N-dealkylation sites (N-methyl/N-ethyl adjacent to an activating group) is 1. The molecule has 0 radical (unpaired) electrons. The maximum Gasteiger partial charge on any atom is 0.328 e. The number of rotatable bonds is 14. The number of hydrogen-bond acceptors (Lipinski definition) is 12. The van der Waals surface area contributed by atoms with E-state index in [9.17, 15) is 29.2 Å². The summed E-state index contributed by atoms with van der Waals surface area (Å²) in [4.78, 5) is 62.1. The second-order valence-corrected chi connectivity index (χ2v) is 12.3. The molecule has 1 amide bonds. The van der Waals surface area contributed by atoms with Crippen LogP contribution in [0.3, 0.4) is 0 Å². The van der Waals surface area contributed by atoms with Crippen LogP contribution < -0.4 is 20.1 Å². The molecule has 17 nitrogen and oxygen atoms in total. The molecule has 0 spiro atoms. The first-order valence-electron chi connectivity index (χ1n) is 17.3. The fraction of sp³-hybridized carbons (Fsp3) is 0.200. The summed E-state index contributed by atoms with van der Waals surface area (Å²) in [5, 5.41) is 48.4. The van der Waals surface area contributed by atoms with Crippen LogP contribution in [0.5, 0.6) is 11.5 Å². The van der Waals surface area contributed by atoms with Crippen molar-refractivity contribution in [1.29, 1.82) is 5.26 Å². The Kier molecular flexibility index (Phi) is 17.8. The smallest absolute Gasteiger partial charge is 0.328 e. The number of amides is 1. The zero-order chi connectivity index (χ0) is 42.6. The fourth-order valence-corrected chi connectivity index (χ4v) is 5.36. The summed E-state index contributed by atoms with van der Waals surface area (Å²) in [5.74, 6) is -4.29. The molecule has 6 N–H and O–H groups in total. The van der Waals surface area contributed by atoms with Crippen LogP contribution in [0.15, 0.2) is 97.4 Å². The van der Waals surface area contributed by atoms with Gasteiger partial charge in [0.05, 0.1) is 39.8 Å². The number of carbonyl (C=O) groups excluding carboxylic acids is 1. The SMILES string of the molecule is CCOc1cc2ncc(C#N)c(Nc3ccc(OCc4ccccn4)c(Cl)c3)c2cc1NC(=O)/C=C/[C@H]1CCCN1C.O=C(O)/C=C/C(=O)O.O=C(O)/C=C/C(=O)O. The monoisotopic (exact) mass is 814 g/mol. The first-order valence-corrected chi connectivity index (χ1v) is 17.6. The number of hydrogen-bond donors (Lipinski definition) is 6. The van der Waals surface area contributed by atoms with Gasteiger partial charge in [0.15, 0.2) is 0 Å². The molecule has 3 heterocycles. The number of anilines is 3. The largest absolute Gasteiger partial charge is 0.492 e. The average molecular weight is 815 g/mol. The second-order valence-electron chi connectivity index (χ2n) is 11.9. The van der Waals surface area contributed by atoms with E-state index in [1.165, 1.54) is 6.20 Å². The molecule has 1 aliphatic heterocycles. The number of likely N-dealkylation sites (tertiary alicyclic amines) is 1. The number of ether oxygens (including phenoxy) is 2. The molecule has 1 atom stereocenters. The molecule has 2 aromatic carbocycles. The summed E-state index contributed by atoms with van der Waals surface area (Å²) < 4.78 is 11.7. The van der Waals surface area contributed by atoms with E-state index in [1.807, 2.05) is 37.3 Å². The molecule has 1 saturated heterocycles. The number of carbonyl (C=O) groups is 5. The molecule has 5 rings (SSSR count). The highest BCUT2D eigenvalue weighted by Crippen LogP contribution is 2.37. The number of carboxylic acids is 4. The van der Waals surface area contributed by atoms with Gasteiger partial charge in [0.1, 0.15) is 24.2 Å². The fourth-order valence-electron chi connectivity index (χ4n) is 5.12. The third-order valence-corrected chi connectivity index (χ3v) is 8.03. The molecular formula is C40H39ClN6O11. The Labute approximate surface area is 337 Å². The van der Waals surface area contributed by atoms with Crippen molar-refractivity contribution in [3.8, 4) is 17.6 Å². The standard InChI is InChI=1S/C32H31ClN6O3.2C4H4O4/c1-3-41-30-17-27-25(16-28(30)38-31(40)12-10-24-8-6-14-39(24)2)32(21(18-34)19-36-27)37-22-9-11-29(26(33)15-22)42-20-23-7-4-5-13-35-23;2*5-3(6)1-2-4(7)8/h4-5,7,9-13,15-17,19,24H,3,6,8,14,20H2,1-2H3,(H,36,37)(H,38,40);2*1-2H,(H,5,6)(H,7,8)/b12-10+;2*2-1+/t24-;;/m1../s1. The number of carboxylic acid groups (broad SMARTS) is 4. The number of nitriles is 1. The van der Waals surface area contributed by atoms with E-state index in [0.29, 0.717) is 81.0 Å². The molecule has 0 bridgehead atoms. The van der Waals surface area contributed by atoms with Crippen molar-refractivity contribution in [1.82, 2.24) is 14.9 Å². The number of nitrogens with one attached hydrogen (secondary N) is 2. The topological polar surface area (TPSA) is 262 Å². The van der Waals surface area contributed by atoms with Crippen LogP contribution in [0.25, 0.3) is 10.9 Å². The van der Waals surface area contributed by atoms with Crippen LogP contribution >= 0.6 is 11.6 Å². The van der Waals surface area contributed by atoms with E-state index < -0.39 is 23.9 Å². The van der Waals surface area contributed by atoms with Crippen LogP contribution in [-0.2, 0) is 30.6 Å². The summed E-state index contributed by atoms with van der Waals surface area (Å²) in [7, 11) is 2.06. The highest BCUT2D eigenvalue weighted by Gasteiger charge is 2.19. The Balaban J connectivity index is 0.000000473. The van der Waals surface area contributed by atoms with Crippen LogP contribution in [0.4, 0.5) is 17.1 Å². The normalized spacial score (nSPS) is 13.5. The van der Waals surface area contributed by atoms with Gasteiger partial charge in [0.25, 0.3) is 0 Å². The molecule has 18 heteroatoms. The Morgan fingerprint density at radius 1 is 0.914 bits per heavy atom. The van der Waals surface area contributed by atoms with Crippen LogP contribution in [0.1, 0.15) is 31.0 Å². The number of pyridine rings is 2. The molecule has 0 aliphatic carbocycles. The average Bonchev–Trinajstić information content (AvgIpc) is 3.60. The summed E-state index contributed by atoms with van der Waals surface area (Å²) in [6, 6.07) is 16.9. The maximum absolute atomic E-state index is 12.9. The Bertz CT molecular complexity index is 2170. The van der Waals surface area contributed by atoms with Crippen molar-refractivity contribution < 1.29 is 53.9 Å². The molecule has 0 unspecified atom stereocenters. The lowest BCUT2D eigenvalue weighted by Gasteiger charge is -2.17. The number of fused-ring (bicyclic) bond motifs is 1. The number of aliphatic carboxylic acids is 4. The van der Waals surface area contributed by atoms with Gasteiger partial charge in [-0.1, -0.05) is 23.7 Å². The summed E-state index contributed by atoms with van der Waals surface area (Å²) in [6.45, 7) is 3.58.